The number of guanidine groups is 1. The number of piperidine rings is 1. The maximum Gasteiger partial charge on any atom is 0.191 e. The van der Waals surface area contributed by atoms with Gasteiger partial charge in [0.05, 0.1) is 6.54 Å². The lowest BCUT2D eigenvalue weighted by atomic mass is 10.0. The van der Waals surface area contributed by atoms with E-state index in [2.05, 4.69) is 56.8 Å². The first-order chi connectivity index (χ1) is 13.7. The van der Waals surface area contributed by atoms with Crippen molar-refractivity contribution in [3.63, 3.8) is 0 Å². The molecule has 0 bridgehead atoms. The second-order valence-corrected chi connectivity index (χ2v) is 7.73. The van der Waals surface area contributed by atoms with Crippen molar-refractivity contribution < 1.29 is 0 Å². The second-order valence-electron chi connectivity index (χ2n) is 7.73. The number of aromatic nitrogens is 2. The topological polar surface area (TPSA) is 57.5 Å². The van der Waals surface area contributed by atoms with Crippen LogP contribution in [0.4, 0.5) is 0 Å². The van der Waals surface area contributed by atoms with Gasteiger partial charge in [-0.3, -0.25) is 9.67 Å². The summed E-state index contributed by atoms with van der Waals surface area (Å²) < 4.78 is 1.95. The van der Waals surface area contributed by atoms with Crippen LogP contribution < -0.4 is 10.6 Å². The largest absolute Gasteiger partial charge is 0.356 e. The summed E-state index contributed by atoms with van der Waals surface area (Å²) in [5.41, 5.74) is 2.54. The van der Waals surface area contributed by atoms with Crippen LogP contribution >= 0.6 is 24.0 Å². The van der Waals surface area contributed by atoms with Crippen LogP contribution in [0.2, 0.25) is 0 Å². The predicted octanol–water partition coefficient (Wildman–Crippen LogP) is 3.34. The first kappa shape index (κ1) is 23.7. The smallest absolute Gasteiger partial charge is 0.191 e. The molecule has 1 aliphatic heterocycles. The van der Waals surface area contributed by atoms with Crippen LogP contribution in [0.3, 0.4) is 0 Å². The Morgan fingerprint density at radius 3 is 2.76 bits per heavy atom. The number of halogens is 1. The molecular formula is C22H35IN6. The van der Waals surface area contributed by atoms with Gasteiger partial charge in [-0.05, 0) is 55.5 Å². The van der Waals surface area contributed by atoms with E-state index in [1.54, 1.807) is 0 Å². The number of hydrogen-bond acceptors (Lipinski definition) is 3. The third kappa shape index (κ3) is 7.97. The number of rotatable bonds is 8. The van der Waals surface area contributed by atoms with E-state index in [-0.39, 0.29) is 24.0 Å². The van der Waals surface area contributed by atoms with Gasteiger partial charge in [-0.2, -0.15) is 5.10 Å². The van der Waals surface area contributed by atoms with Gasteiger partial charge in [0.1, 0.15) is 0 Å². The van der Waals surface area contributed by atoms with E-state index in [0.717, 1.165) is 37.9 Å². The molecule has 160 valence electrons. The van der Waals surface area contributed by atoms with Crippen LogP contribution in [0.25, 0.3) is 0 Å². The molecule has 1 aliphatic rings. The normalized spacial score (nSPS) is 17.6. The first-order valence-corrected chi connectivity index (χ1v) is 10.5. The fraction of sp³-hybridized carbons (Fsp3) is 0.545. The van der Waals surface area contributed by atoms with Gasteiger partial charge in [-0.25, -0.2) is 0 Å². The summed E-state index contributed by atoms with van der Waals surface area (Å²) in [7, 11) is 1.83. The molecule has 1 aromatic carbocycles. The minimum absolute atomic E-state index is 0. The Balaban J connectivity index is 0.00000300. The zero-order chi connectivity index (χ0) is 19.6. The molecule has 1 aromatic heterocycles. The molecule has 2 aromatic rings. The molecule has 6 nitrogen and oxygen atoms in total. The number of likely N-dealkylation sites (tertiary alicyclic amines) is 1. The number of nitrogens with zero attached hydrogens (tertiary/aromatic N) is 4. The molecule has 0 amide bonds. The Bertz CT molecular complexity index is 731. The van der Waals surface area contributed by atoms with Crippen molar-refractivity contribution in [1.82, 2.24) is 25.3 Å². The summed E-state index contributed by atoms with van der Waals surface area (Å²) in [6.45, 7) is 8.51. The second kappa shape index (κ2) is 12.8. The number of hydrogen-bond donors (Lipinski definition) is 2. The van der Waals surface area contributed by atoms with Crippen LogP contribution in [0.5, 0.6) is 0 Å². The molecule has 1 unspecified atom stereocenters. The Morgan fingerprint density at radius 2 is 2.03 bits per heavy atom. The molecule has 0 saturated carbocycles. The molecule has 0 spiro atoms. The molecule has 7 heteroatoms. The lowest BCUT2D eigenvalue weighted by Gasteiger charge is -2.30. The average Bonchev–Trinajstić information content (AvgIpc) is 3.22. The highest BCUT2D eigenvalue weighted by Crippen LogP contribution is 2.15. The van der Waals surface area contributed by atoms with Crippen molar-refractivity contribution in [2.24, 2.45) is 10.9 Å². The fourth-order valence-electron chi connectivity index (χ4n) is 3.85. The minimum atomic E-state index is 0. The lowest BCUT2D eigenvalue weighted by Crippen LogP contribution is -2.40. The minimum Gasteiger partial charge on any atom is -0.356 e. The van der Waals surface area contributed by atoms with Crippen molar-refractivity contribution >= 4 is 29.9 Å². The summed E-state index contributed by atoms with van der Waals surface area (Å²) >= 11 is 0. The lowest BCUT2D eigenvalue weighted by molar-refractivity contribution is 0.182. The highest BCUT2D eigenvalue weighted by atomic mass is 127. The van der Waals surface area contributed by atoms with Crippen molar-refractivity contribution in [2.75, 3.05) is 33.2 Å². The average molecular weight is 510 g/mol. The van der Waals surface area contributed by atoms with E-state index >= 15 is 0 Å². The van der Waals surface area contributed by atoms with E-state index in [1.165, 1.54) is 43.6 Å². The van der Waals surface area contributed by atoms with Gasteiger partial charge in [0.15, 0.2) is 5.96 Å². The van der Waals surface area contributed by atoms with Gasteiger partial charge in [0, 0.05) is 39.1 Å². The van der Waals surface area contributed by atoms with Crippen molar-refractivity contribution in [2.45, 2.75) is 39.3 Å². The molecule has 29 heavy (non-hydrogen) atoms. The van der Waals surface area contributed by atoms with Crippen molar-refractivity contribution in [1.29, 1.82) is 0 Å². The fourth-order valence-corrected chi connectivity index (χ4v) is 3.85. The van der Waals surface area contributed by atoms with Gasteiger partial charge in [0.25, 0.3) is 0 Å². The maximum absolute atomic E-state index is 4.37. The molecule has 2 N–H and O–H groups in total. The molecule has 1 atom stereocenters. The van der Waals surface area contributed by atoms with Gasteiger partial charge >= 0.3 is 0 Å². The number of nitrogens with one attached hydrogen (secondary N) is 2. The first-order valence-electron chi connectivity index (χ1n) is 10.5. The van der Waals surface area contributed by atoms with E-state index in [4.69, 9.17) is 0 Å². The molecule has 1 fully saturated rings. The van der Waals surface area contributed by atoms with Gasteiger partial charge in [0.2, 0.25) is 0 Å². The van der Waals surface area contributed by atoms with Crippen LogP contribution in [0, 0.1) is 5.92 Å². The van der Waals surface area contributed by atoms with Gasteiger partial charge < -0.3 is 15.5 Å². The quantitative estimate of drug-likeness (QED) is 0.248. The van der Waals surface area contributed by atoms with Crippen molar-refractivity contribution in [3.05, 3.63) is 53.9 Å². The zero-order valence-electron chi connectivity index (χ0n) is 17.7. The summed E-state index contributed by atoms with van der Waals surface area (Å²) in [6, 6.07) is 10.4. The third-order valence-electron chi connectivity index (χ3n) is 5.36. The van der Waals surface area contributed by atoms with Crippen molar-refractivity contribution in [3.8, 4) is 0 Å². The molecule has 0 radical (unpaired) electrons. The SMILES string of the molecule is CN=C(NCCCN1CCCC(C)C1)NCc1ccccc1Cn1cccn1.I. The highest BCUT2D eigenvalue weighted by Gasteiger charge is 2.15. The van der Waals surface area contributed by atoms with Crippen LogP contribution in [-0.2, 0) is 13.1 Å². The summed E-state index contributed by atoms with van der Waals surface area (Å²) in [6.07, 6.45) is 7.68. The van der Waals surface area contributed by atoms with Crippen LogP contribution in [-0.4, -0.2) is 53.9 Å². The molecule has 1 saturated heterocycles. The van der Waals surface area contributed by atoms with Gasteiger partial charge in [-0.1, -0.05) is 31.2 Å². The molecular weight excluding hydrogens is 475 g/mol. The molecule has 0 aliphatic carbocycles. The Labute approximate surface area is 192 Å². The standard InChI is InChI=1S/C22H34N6.HI/c1-19-8-5-13-27(17-19)14-6-11-24-22(23-2)25-16-20-9-3-4-10-21(20)18-28-15-7-12-26-28;/h3-4,7,9-10,12,15,19H,5-6,8,11,13-14,16-18H2,1-2H3,(H2,23,24,25);1H. The van der Waals surface area contributed by atoms with Crippen LogP contribution in [0.15, 0.2) is 47.7 Å². The van der Waals surface area contributed by atoms with Gasteiger partial charge in [-0.15, -0.1) is 24.0 Å². The van der Waals surface area contributed by atoms with E-state index in [9.17, 15) is 0 Å². The summed E-state index contributed by atoms with van der Waals surface area (Å²) in [5, 5.41) is 11.2. The summed E-state index contributed by atoms with van der Waals surface area (Å²) in [5.74, 6) is 1.71. The Kier molecular flexibility index (Phi) is 10.5. The maximum atomic E-state index is 4.37. The predicted molar refractivity (Wildman–Crippen MR) is 131 cm³/mol. The highest BCUT2D eigenvalue weighted by molar-refractivity contribution is 14.0. The summed E-state index contributed by atoms with van der Waals surface area (Å²) in [4.78, 5) is 6.96. The van der Waals surface area contributed by atoms with E-state index in [1.807, 2.05) is 30.2 Å². The number of aliphatic imine (C=N–C) groups is 1. The number of benzene rings is 1. The third-order valence-corrected chi connectivity index (χ3v) is 5.36. The van der Waals surface area contributed by atoms with E-state index in [0.29, 0.717) is 0 Å². The monoisotopic (exact) mass is 510 g/mol. The Hall–Kier alpha value is -1.61. The Morgan fingerprint density at radius 1 is 1.21 bits per heavy atom. The van der Waals surface area contributed by atoms with Crippen LogP contribution in [0.1, 0.15) is 37.3 Å². The molecule has 3 rings (SSSR count). The zero-order valence-corrected chi connectivity index (χ0v) is 20.0. The molecule has 2 heterocycles. The van der Waals surface area contributed by atoms with E-state index < -0.39 is 0 Å².